The van der Waals surface area contributed by atoms with E-state index in [0.717, 1.165) is 11.3 Å². The maximum atomic E-state index is 15.4. The smallest absolute Gasteiger partial charge is 0.307 e. The highest BCUT2D eigenvalue weighted by Gasteiger charge is 2.44. The van der Waals surface area contributed by atoms with Crippen LogP contribution in [-0.2, 0) is 11.8 Å². The Kier molecular flexibility index (Phi) is 6.15. The number of carboxylic acids is 1. The van der Waals surface area contributed by atoms with Crippen LogP contribution in [0.15, 0.2) is 60.7 Å². The van der Waals surface area contributed by atoms with Gasteiger partial charge in [0.05, 0.1) is 41.3 Å². The second-order valence-electron chi connectivity index (χ2n) is 11.4. The topological polar surface area (TPSA) is 106 Å². The highest BCUT2D eigenvalue weighted by molar-refractivity contribution is 5.94. The average molecular weight is 583 g/mol. The normalized spacial score (nSPS) is 21.2. The quantitative estimate of drug-likeness (QED) is 0.287. The number of carboxylic acid groups (broad SMARTS) is 1. The Bertz CT molecular complexity index is 1950. The maximum Gasteiger partial charge on any atom is 0.307 e. The number of amides is 1. The summed E-state index contributed by atoms with van der Waals surface area (Å²) in [5, 5.41) is 18.4. The second kappa shape index (κ2) is 9.82. The summed E-state index contributed by atoms with van der Waals surface area (Å²) in [5.74, 6) is -2.53. The lowest BCUT2D eigenvalue weighted by Crippen LogP contribution is -2.40. The highest BCUT2D eigenvalue weighted by atomic mass is 19.1. The van der Waals surface area contributed by atoms with Gasteiger partial charge in [0, 0.05) is 18.7 Å². The van der Waals surface area contributed by atoms with Crippen molar-refractivity contribution in [2.75, 3.05) is 6.54 Å². The van der Waals surface area contributed by atoms with Crippen molar-refractivity contribution in [3.63, 3.8) is 0 Å². The molecule has 3 aromatic heterocycles. The number of hydrogen-bond acceptors (Lipinski definition) is 5. The van der Waals surface area contributed by atoms with Crippen LogP contribution < -0.4 is 0 Å². The van der Waals surface area contributed by atoms with Gasteiger partial charge in [-0.3, -0.25) is 14.3 Å². The van der Waals surface area contributed by atoms with Crippen molar-refractivity contribution in [3.05, 3.63) is 94.6 Å². The van der Waals surface area contributed by atoms with Crippen molar-refractivity contribution >= 4 is 17.5 Å². The summed E-state index contributed by atoms with van der Waals surface area (Å²) >= 11 is 0. The zero-order valence-corrected chi connectivity index (χ0v) is 23.7. The van der Waals surface area contributed by atoms with Crippen molar-refractivity contribution in [2.24, 2.45) is 13.0 Å². The van der Waals surface area contributed by atoms with Gasteiger partial charge in [-0.2, -0.15) is 10.2 Å². The molecule has 1 amide bonds. The number of alkyl halides is 1. The van der Waals surface area contributed by atoms with Crippen LogP contribution in [0.25, 0.3) is 28.3 Å². The fourth-order valence-electron chi connectivity index (χ4n) is 6.23. The van der Waals surface area contributed by atoms with E-state index in [2.05, 4.69) is 15.2 Å². The van der Waals surface area contributed by atoms with E-state index in [9.17, 15) is 14.7 Å². The molecule has 218 valence electrons. The Morgan fingerprint density at radius 3 is 2.44 bits per heavy atom. The molecule has 1 saturated carbocycles. The Morgan fingerprint density at radius 2 is 1.77 bits per heavy atom. The standard InChI is InChI=1S/C32H28F2N6O3/c1-16-10-28(38(3)36-16)29-13-27(31(41)39-15-25(34)20-7-5-4-6-19(20)17(39)2)35-30-14-26(37-40(29)30)21-9-8-18(11-24(21)33)22-12-23(22)32(42)43/h4-11,13-14,17,22-23,25H,12,15H2,1-3H3,(H,42,43)/t17-,22-,23+,25+/m1/s1. The minimum absolute atomic E-state index is 0.101. The summed E-state index contributed by atoms with van der Waals surface area (Å²) in [4.78, 5) is 31.3. The third-order valence-electron chi connectivity index (χ3n) is 8.58. The molecule has 11 heteroatoms. The Morgan fingerprint density at radius 1 is 1.00 bits per heavy atom. The molecule has 1 aliphatic heterocycles. The van der Waals surface area contributed by atoms with Crippen LogP contribution in [0.2, 0.25) is 0 Å². The molecule has 1 fully saturated rings. The number of benzene rings is 2. The molecule has 9 nitrogen and oxygen atoms in total. The van der Waals surface area contributed by atoms with Crippen LogP contribution in [-0.4, -0.2) is 52.8 Å². The first kappa shape index (κ1) is 26.9. The minimum Gasteiger partial charge on any atom is -0.481 e. The Hall–Kier alpha value is -4.93. The lowest BCUT2D eigenvalue weighted by molar-refractivity contribution is -0.138. The van der Waals surface area contributed by atoms with Crippen LogP contribution in [0.5, 0.6) is 0 Å². The van der Waals surface area contributed by atoms with Gasteiger partial charge in [0.15, 0.2) is 5.65 Å². The predicted octanol–water partition coefficient (Wildman–Crippen LogP) is 5.66. The van der Waals surface area contributed by atoms with Crippen molar-refractivity contribution in [2.45, 2.75) is 38.4 Å². The number of fused-ring (bicyclic) bond motifs is 2. The third-order valence-corrected chi connectivity index (χ3v) is 8.58. The van der Waals surface area contributed by atoms with Crippen molar-refractivity contribution in [1.82, 2.24) is 29.3 Å². The number of aromatic nitrogens is 5. The first-order valence-corrected chi connectivity index (χ1v) is 14.1. The number of aryl methyl sites for hydroxylation is 2. The van der Waals surface area contributed by atoms with E-state index in [1.165, 1.54) is 11.0 Å². The van der Waals surface area contributed by atoms with Crippen molar-refractivity contribution in [1.29, 1.82) is 0 Å². The number of hydrogen-bond donors (Lipinski definition) is 1. The molecule has 5 aromatic rings. The van der Waals surface area contributed by atoms with E-state index in [0.29, 0.717) is 40.3 Å². The zero-order valence-electron chi connectivity index (χ0n) is 23.7. The van der Waals surface area contributed by atoms with Gasteiger partial charge in [-0.1, -0.05) is 30.3 Å². The molecule has 1 N–H and O–H groups in total. The fourth-order valence-corrected chi connectivity index (χ4v) is 6.23. The van der Waals surface area contributed by atoms with E-state index in [-0.39, 0.29) is 29.8 Å². The van der Waals surface area contributed by atoms with Gasteiger partial charge in [-0.15, -0.1) is 0 Å². The van der Waals surface area contributed by atoms with Crippen molar-refractivity contribution < 1.29 is 23.5 Å². The van der Waals surface area contributed by atoms with Crippen LogP contribution in [0, 0.1) is 18.7 Å². The maximum absolute atomic E-state index is 15.4. The molecule has 0 unspecified atom stereocenters. The monoisotopic (exact) mass is 582 g/mol. The molecule has 0 spiro atoms. The molecule has 0 saturated heterocycles. The molecule has 2 aliphatic rings. The summed E-state index contributed by atoms with van der Waals surface area (Å²) in [6.45, 7) is 3.62. The molecule has 1 aliphatic carbocycles. The molecule has 43 heavy (non-hydrogen) atoms. The van der Waals surface area contributed by atoms with Gasteiger partial charge in [0.25, 0.3) is 5.91 Å². The van der Waals surface area contributed by atoms with E-state index >= 15 is 8.78 Å². The van der Waals surface area contributed by atoms with Gasteiger partial charge < -0.3 is 10.0 Å². The molecule has 4 heterocycles. The Balaban J connectivity index is 1.31. The van der Waals surface area contributed by atoms with E-state index < -0.39 is 29.8 Å². The van der Waals surface area contributed by atoms with Gasteiger partial charge in [0.1, 0.15) is 17.7 Å². The van der Waals surface area contributed by atoms with E-state index in [4.69, 9.17) is 0 Å². The second-order valence-corrected chi connectivity index (χ2v) is 11.4. The molecular formula is C32H28F2N6O3. The van der Waals surface area contributed by atoms with Crippen LogP contribution in [0.1, 0.15) is 64.3 Å². The SMILES string of the molecule is Cc1cc(-c2cc(C(=O)N3C[C@H](F)c4ccccc4[C@H]3C)nc3cc(-c4ccc([C@H]5C[C@@H]5C(=O)O)cc4F)nn23)n(C)n1. The average Bonchev–Trinajstić information content (AvgIpc) is 3.57. The van der Waals surface area contributed by atoms with Crippen LogP contribution in [0.3, 0.4) is 0 Å². The van der Waals surface area contributed by atoms with Gasteiger partial charge >= 0.3 is 5.97 Å². The number of carbonyl (C=O) groups excluding carboxylic acids is 1. The summed E-state index contributed by atoms with van der Waals surface area (Å²) in [7, 11) is 1.78. The van der Waals surface area contributed by atoms with E-state index in [1.54, 1.807) is 52.6 Å². The molecule has 0 radical (unpaired) electrons. The first-order valence-electron chi connectivity index (χ1n) is 14.1. The number of rotatable bonds is 5. The molecular weight excluding hydrogens is 554 g/mol. The molecule has 7 rings (SSSR count). The van der Waals surface area contributed by atoms with Crippen molar-refractivity contribution in [3.8, 4) is 22.6 Å². The number of carbonyl (C=O) groups is 2. The van der Waals surface area contributed by atoms with Gasteiger partial charge in [-0.25, -0.2) is 18.3 Å². The highest BCUT2D eigenvalue weighted by Crippen LogP contribution is 2.48. The first-order chi connectivity index (χ1) is 20.6. The number of nitrogens with zero attached hydrogens (tertiary/aromatic N) is 6. The van der Waals surface area contributed by atoms with Gasteiger partial charge in [0.2, 0.25) is 0 Å². The molecule has 2 aromatic carbocycles. The minimum atomic E-state index is -1.33. The van der Waals surface area contributed by atoms with Crippen LogP contribution >= 0.6 is 0 Å². The lowest BCUT2D eigenvalue weighted by atomic mass is 9.92. The number of aliphatic carboxylic acids is 1. The van der Waals surface area contributed by atoms with Gasteiger partial charge in [-0.05, 0) is 67.1 Å². The number of halogens is 2. The Labute approximate surface area is 245 Å². The fraction of sp³-hybridized carbons (Fsp3) is 0.281. The lowest BCUT2D eigenvalue weighted by Gasteiger charge is -2.36. The summed E-state index contributed by atoms with van der Waals surface area (Å²) < 4.78 is 33.8. The summed E-state index contributed by atoms with van der Waals surface area (Å²) in [6, 6.07) is 16.6. The molecule has 0 bridgehead atoms. The van der Waals surface area contributed by atoms with E-state index in [1.807, 2.05) is 32.0 Å². The van der Waals surface area contributed by atoms with Crippen LogP contribution in [0.4, 0.5) is 8.78 Å². The predicted molar refractivity (Wildman–Crippen MR) is 154 cm³/mol. The zero-order chi connectivity index (χ0) is 30.2. The molecule has 4 atom stereocenters. The summed E-state index contributed by atoms with van der Waals surface area (Å²) in [6.07, 6.45) is -0.839. The summed E-state index contributed by atoms with van der Waals surface area (Å²) in [5.41, 5.74) is 4.86. The third kappa shape index (κ3) is 4.46. The largest absolute Gasteiger partial charge is 0.481 e.